The summed E-state index contributed by atoms with van der Waals surface area (Å²) < 4.78 is 6.03. The number of aliphatic hydroxyl groups excluding tert-OH is 1. The van der Waals surface area contributed by atoms with Crippen molar-refractivity contribution in [3.8, 4) is 16.9 Å². The zero-order chi connectivity index (χ0) is 22.2. The van der Waals surface area contributed by atoms with Gasteiger partial charge < -0.3 is 9.84 Å². The third kappa shape index (κ3) is 5.92. The number of nitrogens with one attached hydrogen (secondary N) is 2. The van der Waals surface area contributed by atoms with E-state index in [-0.39, 0.29) is 0 Å². The van der Waals surface area contributed by atoms with Crippen LogP contribution in [0.15, 0.2) is 72.8 Å². The van der Waals surface area contributed by atoms with Crippen molar-refractivity contribution in [3.05, 3.63) is 89.5 Å². The Hall–Kier alpha value is -3.19. The van der Waals surface area contributed by atoms with Crippen LogP contribution >= 0.6 is 0 Å². The van der Waals surface area contributed by atoms with Crippen molar-refractivity contribution in [2.24, 2.45) is 0 Å². The highest BCUT2D eigenvalue weighted by atomic mass is 16.5. The second-order valence-corrected chi connectivity index (χ2v) is 7.47. The SMILES string of the molecule is Cc1c(COc2cccc(CNC(C(=O)NO)C(C)O)c2)cccc1-c1ccccc1. The number of carbonyl (C=O) groups is 1. The van der Waals surface area contributed by atoms with Crippen LogP contribution in [0.4, 0.5) is 0 Å². The van der Waals surface area contributed by atoms with Crippen molar-refractivity contribution in [3.63, 3.8) is 0 Å². The van der Waals surface area contributed by atoms with E-state index in [9.17, 15) is 9.90 Å². The molecular formula is C25H28N2O4. The third-order valence-corrected chi connectivity index (χ3v) is 5.22. The molecule has 0 saturated carbocycles. The number of amides is 1. The van der Waals surface area contributed by atoms with Gasteiger partial charge >= 0.3 is 0 Å². The zero-order valence-electron chi connectivity index (χ0n) is 17.7. The van der Waals surface area contributed by atoms with Crippen LogP contribution in [-0.4, -0.2) is 28.4 Å². The van der Waals surface area contributed by atoms with Crippen molar-refractivity contribution in [2.75, 3.05) is 0 Å². The van der Waals surface area contributed by atoms with E-state index in [4.69, 9.17) is 9.94 Å². The van der Waals surface area contributed by atoms with Gasteiger partial charge in [-0.25, -0.2) is 5.48 Å². The molecule has 0 radical (unpaired) electrons. The summed E-state index contributed by atoms with van der Waals surface area (Å²) in [6.07, 6.45) is -0.952. The molecule has 0 bridgehead atoms. The largest absolute Gasteiger partial charge is 0.489 e. The highest BCUT2D eigenvalue weighted by Gasteiger charge is 2.22. The van der Waals surface area contributed by atoms with Gasteiger partial charge in [0.25, 0.3) is 5.91 Å². The van der Waals surface area contributed by atoms with Crippen molar-refractivity contribution in [2.45, 2.75) is 39.1 Å². The van der Waals surface area contributed by atoms with E-state index in [0.29, 0.717) is 18.9 Å². The van der Waals surface area contributed by atoms with Crippen LogP contribution in [0.2, 0.25) is 0 Å². The molecule has 4 N–H and O–H groups in total. The summed E-state index contributed by atoms with van der Waals surface area (Å²) in [5.41, 5.74) is 7.11. The molecule has 3 aromatic carbocycles. The fourth-order valence-corrected chi connectivity index (χ4v) is 3.46. The molecule has 31 heavy (non-hydrogen) atoms. The van der Waals surface area contributed by atoms with E-state index in [1.165, 1.54) is 23.6 Å². The summed E-state index contributed by atoms with van der Waals surface area (Å²) in [6.45, 7) is 4.36. The van der Waals surface area contributed by atoms with Crippen LogP contribution in [0, 0.1) is 6.92 Å². The Kier molecular flexibility index (Phi) is 7.78. The van der Waals surface area contributed by atoms with Crippen LogP contribution < -0.4 is 15.5 Å². The molecule has 1 amide bonds. The summed E-state index contributed by atoms with van der Waals surface area (Å²) >= 11 is 0. The fraction of sp³-hybridized carbons (Fsp3) is 0.240. The predicted molar refractivity (Wildman–Crippen MR) is 120 cm³/mol. The molecule has 3 aromatic rings. The normalized spacial score (nSPS) is 12.8. The second kappa shape index (κ2) is 10.7. The Bertz CT molecular complexity index is 1010. The fourth-order valence-electron chi connectivity index (χ4n) is 3.46. The monoisotopic (exact) mass is 420 g/mol. The molecule has 0 fully saturated rings. The Labute approximate surface area is 182 Å². The van der Waals surface area contributed by atoms with Crippen LogP contribution in [0.25, 0.3) is 11.1 Å². The molecule has 0 aromatic heterocycles. The summed E-state index contributed by atoms with van der Waals surface area (Å²) in [5.74, 6) is 0.0280. The molecule has 6 nitrogen and oxygen atoms in total. The summed E-state index contributed by atoms with van der Waals surface area (Å²) in [7, 11) is 0. The van der Waals surface area contributed by atoms with Gasteiger partial charge in [-0.15, -0.1) is 0 Å². The first kappa shape index (κ1) is 22.5. The maximum absolute atomic E-state index is 11.7. The van der Waals surface area contributed by atoms with E-state index >= 15 is 0 Å². The number of carbonyl (C=O) groups excluding carboxylic acids is 1. The molecule has 6 heteroatoms. The van der Waals surface area contributed by atoms with Gasteiger partial charge in [0.05, 0.1) is 6.10 Å². The molecular weight excluding hydrogens is 392 g/mol. The average Bonchev–Trinajstić information content (AvgIpc) is 2.79. The lowest BCUT2D eigenvalue weighted by Gasteiger charge is -2.19. The standard InChI is InChI=1S/C25H28N2O4/c1-17-21(11-7-13-23(17)20-9-4-3-5-10-20)16-31-22-12-6-8-19(14-22)15-26-24(18(2)28)25(29)27-30/h3-14,18,24,26,28,30H,15-16H2,1-2H3,(H,27,29). The number of aliphatic hydroxyl groups is 1. The van der Waals surface area contributed by atoms with E-state index < -0.39 is 18.1 Å². The highest BCUT2D eigenvalue weighted by Crippen LogP contribution is 2.26. The van der Waals surface area contributed by atoms with Gasteiger partial charge in [0.2, 0.25) is 0 Å². The maximum atomic E-state index is 11.7. The first-order chi connectivity index (χ1) is 15.0. The molecule has 0 aliphatic carbocycles. The third-order valence-electron chi connectivity index (χ3n) is 5.22. The van der Waals surface area contributed by atoms with Gasteiger partial charge in [0.1, 0.15) is 18.4 Å². The number of hydrogen-bond donors (Lipinski definition) is 4. The summed E-state index contributed by atoms with van der Waals surface area (Å²) in [6, 6.07) is 23.1. The molecule has 2 unspecified atom stereocenters. The highest BCUT2D eigenvalue weighted by molar-refractivity contribution is 5.81. The molecule has 2 atom stereocenters. The Morgan fingerprint density at radius 2 is 1.77 bits per heavy atom. The van der Waals surface area contributed by atoms with Gasteiger partial charge in [0, 0.05) is 6.54 Å². The quantitative estimate of drug-likeness (QED) is 0.314. The lowest BCUT2D eigenvalue weighted by atomic mass is 9.97. The van der Waals surface area contributed by atoms with Gasteiger partial charge in [-0.05, 0) is 53.8 Å². The number of hydrogen-bond acceptors (Lipinski definition) is 5. The smallest absolute Gasteiger partial charge is 0.263 e. The predicted octanol–water partition coefficient (Wildman–Crippen LogP) is 3.59. The number of ether oxygens (including phenoxy) is 1. The molecule has 0 aliphatic heterocycles. The van der Waals surface area contributed by atoms with E-state index in [0.717, 1.165) is 11.1 Å². The van der Waals surface area contributed by atoms with Crippen molar-refractivity contribution >= 4 is 5.91 Å². The van der Waals surface area contributed by atoms with Crippen LogP contribution in [-0.2, 0) is 17.9 Å². The van der Waals surface area contributed by atoms with Crippen molar-refractivity contribution < 1.29 is 19.8 Å². The van der Waals surface area contributed by atoms with Gasteiger partial charge in [0.15, 0.2) is 0 Å². The summed E-state index contributed by atoms with van der Waals surface area (Å²) in [4.78, 5) is 11.7. The number of benzene rings is 3. The molecule has 3 rings (SSSR count). The molecule has 0 heterocycles. The van der Waals surface area contributed by atoms with Gasteiger partial charge in [-0.3, -0.25) is 15.3 Å². The molecule has 0 saturated heterocycles. The minimum Gasteiger partial charge on any atom is -0.489 e. The maximum Gasteiger partial charge on any atom is 0.263 e. The topological polar surface area (TPSA) is 90.8 Å². The minimum absolute atomic E-state index is 0.336. The Morgan fingerprint density at radius 1 is 1.03 bits per heavy atom. The van der Waals surface area contributed by atoms with Gasteiger partial charge in [-0.1, -0.05) is 60.7 Å². The van der Waals surface area contributed by atoms with E-state index in [2.05, 4.69) is 36.5 Å². The van der Waals surface area contributed by atoms with Crippen LogP contribution in [0.1, 0.15) is 23.6 Å². The van der Waals surface area contributed by atoms with Crippen LogP contribution in [0.3, 0.4) is 0 Å². The van der Waals surface area contributed by atoms with Crippen LogP contribution in [0.5, 0.6) is 5.75 Å². The first-order valence-electron chi connectivity index (χ1n) is 10.2. The van der Waals surface area contributed by atoms with E-state index in [1.807, 2.05) is 48.5 Å². The molecule has 162 valence electrons. The number of rotatable bonds is 9. The molecule has 0 spiro atoms. The molecule has 0 aliphatic rings. The lowest BCUT2D eigenvalue weighted by Crippen LogP contribution is -2.49. The van der Waals surface area contributed by atoms with Crippen molar-refractivity contribution in [1.29, 1.82) is 0 Å². The first-order valence-corrected chi connectivity index (χ1v) is 10.2. The lowest BCUT2D eigenvalue weighted by molar-refractivity contribution is -0.134. The van der Waals surface area contributed by atoms with Gasteiger partial charge in [-0.2, -0.15) is 0 Å². The second-order valence-electron chi connectivity index (χ2n) is 7.47. The summed E-state index contributed by atoms with van der Waals surface area (Å²) in [5, 5.41) is 21.5. The van der Waals surface area contributed by atoms with Crippen molar-refractivity contribution in [1.82, 2.24) is 10.8 Å². The Morgan fingerprint density at radius 3 is 2.48 bits per heavy atom. The zero-order valence-corrected chi connectivity index (χ0v) is 17.7. The Balaban J connectivity index is 1.66. The van der Waals surface area contributed by atoms with E-state index in [1.54, 1.807) is 5.48 Å². The number of hydroxylamine groups is 1. The minimum atomic E-state index is -0.952. The average molecular weight is 421 g/mol.